The lowest BCUT2D eigenvalue weighted by Crippen LogP contribution is -2.05. The highest BCUT2D eigenvalue weighted by Crippen LogP contribution is 2.33. The number of hydrogen-bond donors (Lipinski definition) is 1. The predicted octanol–water partition coefficient (Wildman–Crippen LogP) is 4.63. The number of hydrogen-bond acceptors (Lipinski definition) is 3. The Morgan fingerprint density at radius 3 is 2.53 bits per heavy atom. The van der Waals surface area contributed by atoms with E-state index in [-0.39, 0.29) is 6.04 Å². The van der Waals surface area contributed by atoms with Crippen LogP contribution in [0, 0.1) is 0 Å². The van der Waals surface area contributed by atoms with E-state index in [0.717, 1.165) is 20.7 Å². The molecule has 2 aromatic rings. The second kappa shape index (κ2) is 6.46. The smallest absolute Gasteiger partial charge is 0.119 e. The molecule has 1 atom stereocenters. The largest absolute Gasteiger partial charge is 0.497 e. The van der Waals surface area contributed by atoms with E-state index < -0.39 is 0 Å². The van der Waals surface area contributed by atoms with Crippen molar-refractivity contribution < 1.29 is 4.74 Å². The van der Waals surface area contributed by atoms with Gasteiger partial charge in [0.05, 0.1) is 7.11 Å². The summed E-state index contributed by atoms with van der Waals surface area (Å²) in [4.78, 5) is 2.32. The fourth-order valence-electron chi connectivity index (χ4n) is 1.74. The molecule has 0 aliphatic heterocycles. The molecule has 0 radical (unpaired) electrons. The molecule has 0 saturated heterocycles. The van der Waals surface area contributed by atoms with Gasteiger partial charge in [0.1, 0.15) is 5.75 Å². The van der Waals surface area contributed by atoms with Crippen LogP contribution in [-0.2, 0) is 0 Å². The summed E-state index contributed by atoms with van der Waals surface area (Å²) in [6.45, 7) is 1.98. The van der Waals surface area contributed by atoms with Gasteiger partial charge in [0, 0.05) is 20.3 Å². The first kappa shape index (κ1) is 14.4. The quantitative estimate of drug-likeness (QED) is 0.883. The van der Waals surface area contributed by atoms with Crippen molar-refractivity contribution in [3.63, 3.8) is 0 Å². The van der Waals surface area contributed by atoms with Gasteiger partial charge in [-0.15, -0.1) is 0 Å². The van der Waals surface area contributed by atoms with E-state index >= 15 is 0 Å². The summed E-state index contributed by atoms with van der Waals surface area (Å²) in [6.07, 6.45) is 0. The topological polar surface area (TPSA) is 35.2 Å². The van der Waals surface area contributed by atoms with E-state index in [0.29, 0.717) is 0 Å². The lowest BCUT2D eigenvalue weighted by molar-refractivity contribution is 0.413. The summed E-state index contributed by atoms with van der Waals surface area (Å²) in [5, 5.41) is 0. The molecule has 0 fully saturated rings. The number of halogens is 1. The van der Waals surface area contributed by atoms with Crippen LogP contribution in [0.3, 0.4) is 0 Å². The summed E-state index contributed by atoms with van der Waals surface area (Å²) < 4.78 is 6.28. The summed E-state index contributed by atoms with van der Waals surface area (Å²) in [6, 6.07) is 14.3. The molecule has 0 bridgehead atoms. The Hall–Kier alpha value is -0.970. The number of nitrogens with two attached hydrogens (primary N) is 1. The first-order valence-corrected chi connectivity index (χ1v) is 7.58. The van der Waals surface area contributed by atoms with Gasteiger partial charge in [-0.25, -0.2) is 0 Å². The van der Waals surface area contributed by atoms with Gasteiger partial charge in [-0.1, -0.05) is 39.8 Å². The SMILES string of the molecule is COc1cccc(Sc2ccc(C(C)N)c(Br)c2)c1. The Morgan fingerprint density at radius 2 is 1.89 bits per heavy atom. The zero-order valence-corrected chi connectivity index (χ0v) is 13.3. The zero-order valence-electron chi connectivity index (χ0n) is 10.9. The summed E-state index contributed by atoms with van der Waals surface area (Å²) in [5.41, 5.74) is 7.02. The van der Waals surface area contributed by atoms with Gasteiger partial charge in [-0.2, -0.15) is 0 Å². The molecule has 0 amide bonds. The Bertz CT molecular complexity index is 572. The molecular weight excluding hydrogens is 322 g/mol. The molecule has 0 aromatic heterocycles. The molecule has 1 unspecified atom stereocenters. The maximum atomic E-state index is 5.90. The minimum Gasteiger partial charge on any atom is -0.497 e. The van der Waals surface area contributed by atoms with Crippen LogP contribution < -0.4 is 10.5 Å². The second-order valence-corrected chi connectivity index (χ2v) is 6.25. The lowest BCUT2D eigenvalue weighted by Gasteiger charge is -2.10. The van der Waals surface area contributed by atoms with Gasteiger partial charge < -0.3 is 10.5 Å². The van der Waals surface area contributed by atoms with Crippen LogP contribution in [-0.4, -0.2) is 7.11 Å². The van der Waals surface area contributed by atoms with Gasteiger partial charge >= 0.3 is 0 Å². The second-order valence-electron chi connectivity index (χ2n) is 4.25. The van der Waals surface area contributed by atoms with Crippen molar-refractivity contribution in [1.29, 1.82) is 0 Å². The van der Waals surface area contributed by atoms with Crippen LogP contribution in [0.5, 0.6) is 5.75 Å². The van der Waals surface area contributed by atoms with Crippen LogP contribution in [0.1, 0.15) is 18.5 Å². The summed E-state index contributed by atoms with van der Waals surface area (Å²) in [7, 11) is 1.68. The molecule has 0 aliphatic rings. The predicted molar refractivity (Wildman–Crippen MR) is 83.9 cm³/mol. The van der Waals surface area contributed by atoms with E-state index in [2.05, 4.69) is 40.2 Å². The molecule has 2 rings (SSSR count). The minimum atomic E-state index is 0.0326. The molecule has 100 valence electrons. The number of ether oxygens (including phenoxy) is 1. The Labute approximate surface area is 126 Å². The molecule has 0 saturated carbocycles. The average Bonchev–Trinajstić information content (AvgIpc) is 2.38. The third-order valence-corrected chi connectivity index (χ3v) is 4.41. The van der Waals surface area contributed by atoms with E-state index in [1.165, 1.54) is 4.90 Å². The van der Waals surface area contributed by atoms with Gasteiger partial charge in [-0.3, -0.25) is 0 Å². The van der Waals surface area contributed by atoms with E-state index in [9.17, 15) is 0 Å². The van der Waals surface area contributed by atoms with Crippen LogP contribution in [0.2, 0.25) is 0 Å². The van der Waals surface area contributed by atoms with Crippen molar-refractivity contribution in [3.8, 4) is 5.75 Å². The van der Waals surface area contributed by atoms with Crippen LogP contribution in [0.4, 0.5) is 0 Å². The molecule has 0 aliphatic carbocycles. The van der Waals surface area contributed by atoms with E-state index in [1.54, 1.807) is 18.9 Å². The lowest BCUT2D eigenvalue weighted by atomic mass is 10.1. The standard InChI is InChI=1S/C15H16BrNOS/c1-10(17)14-7-6-13(9-15(14)16)19-12-5-3-4-11(8-12)18-2/h3-10H,17H2,1-2H3. The van der Waals surface area contributed by atoms with Crippen LogP contribution >= 0.6 is 27.7 Å². The Balaban J connectivity index is 2.21. The molecule has 19 heavy (non-hydrogen) atoms. The molecule has 2 aromatic carbocycles. The Morgan fingerprint density at radius 1 is 1.16 bits per heavy atom. The van der Waals surface area contributed by atoms with Gasteiger partial charge in [0.15, 0.2) is 0 Å². The Kier molecular flexibility index (Phi) is 4.91. The average molecular weight is 338 g/mol. The highest BCUT2D eigenvalue weighted by atomic mass is 79.9. The van der Waals surface area contributed by atoms with E-state index in [4.69, 9.17) is 10.5 Å². The fraction of sp³-hybridized carbons (Fsp3) is 0.200. The monoisotopic (exact) mass is 337 g/mol. The first-order valence-electron chi connectivity index (χ1n) is 5.97. The maximum absolute atomic E-state index is 5.90. The van der Waals surface area contributed by atoms with Crippen LogP contribution in [0.25, 0.3) is 0 Å². The number of rotatable bonds is 4. The van der Waals surface area contributed by atoms with Crippen molar-refractivity contribution in [2.24, 2.45) is 5.73 Å². The van der Waals surface area contributed by atoms with E-state index in [1.807, 2.05) is 25.1 Å². The molecule has 2 nitrogen and oxygen atoms in total. The first-order chi connectivity index (χ1) is 9.10. The highest BCUT2D eigenvalue weighted by molar-refractivity contribution is 9.10. The molecule has 4 heteroatoms. The van der Waals surface area contributed by atoms with Gasteiger partial charge in [-0.05, 0) is 42.8 Å². The molecule has 0 spiro atoms. The molecular formula is C15H16BrNOS. The molecule has 2 N–H and O–H groups in total. The maximum Gasteiger partial charge on any atom is 0.119 e. The normalized spacial score (nSPS) is 12.2. The van der Waals surface area contributed by atoms with Crippen molar-refractivity contribution in [3.05, 3.63) is 52.5 Å². The van der Waals surface area contributed by atoms with Crippen molar-refractivity contribution >= 4 is 27.7 Å². The molecule has 0 heterocycles. The summed E-state index contributed by atoms with van der Waals surface area (Å²) >= 11 is 5.27. The minimum absolute atomic E-state index is 0.0326. The summed E-state index contributed by atoms with van der Waals surface area (Å²) in [5.74, 6) is 0.872. The number of benzene rings is 2. The fourth-order valence-corrected chi connectivity index (χ4v) is 3.54. The van der Waals surface area contributed by atoms with Gasteiger partial charge in [0.25, 0.3) is 0 Å². The number of methoxy groups -OCH3 is 1. The van der Waals surface area contributed by atoms with Crippen molar-refractivity contribution in [2.45, 2.75) is 22.8 Å². The third-order valence-electron chi connectivity index (χ3n) is 2.74. The van der Waals surface area contributed by atoms with Gasteiger partial charge in [0.2, 0.25) is 0 Å². The zero-order chi connectivity index (χ0) is 13.8. The highest BCUT2D eigenvalue weighted by Gasteiger charge is 2.07. The van der Waals surface area contributed by atoms with Crippen molar-refractivity contribution in [1.82, 2.24) is 0 Å². The third kappa shape index (κ3) is 3.75. The van der Waals surface area contributed by atoms with Crippen LogP contribution in [0.15, 0.2) is 56.7 Å². The van der Waals surface area contributed by atoms with Crippen molar-refractivity contribution in [2.75, 3.05) is 7.11 Å².